The van der Waals surface area contributed by atoms with Gasteiger partial charge in [0, 0.05) is 12.7 Å². The van der Waals surface area contributed by atoms with Crippen LogP contribution in [0.15, 0.2) is 48.7 Å². The third-order valence-corrected chi connectivity index (χ3v) is 4.84. The Balaban J connectivity index is 1.94. The highest BCUT2D eigenvalue weighted by molar-refractivity contribution is 5.70. The number of carbonyl (C=O) groups is 1. The van der Waals surface area contributed by atoms with Crippen molar-refractivity contribution in [3.8, 4) is 0 Å². The minimum Gasteiger partial charge on any atom is -0.481 e. The number of rotatable bonds is 5. The first kappa shape index (κ1) is 16.7. The summed E-state index contributed by atoms with van der Waals surface area (Å²) < 4.78 is 0. The van der Waals surface area contributed by atoms with E-state index in [2.05, 4.69) is 41.1 Å². The Morgan fingerprint density at radius 2 is 2.08 bits per heavy atom. The van der Waals surface area contributed by atoms with Crippen molar-refractivity contribution in [1.82, 2.24) is 9.88 Å². The number of pyridine rings is 1. The molecule has 0 saturated carbocycles. The number of aliphatic carboxylic acids is 1. The Labute approximate surface area is 143 Å². The largest absolute Gasteiger partial charge is 0.481 e. The fourth-order valence-electron chi connectivity index (χ4n) is 3.48. The highest BCUT2D eigenvalue weighted by Gasteiger charge is 2.31. The van der Waals surface area contributed by atoms with E-state index < -0.39 is 5.97 Å². The van der Waals surface area contributed by atoms with Crippen LogP contribution in [0.25, 0.3) is 0 Å². The first-order chi connectivity index (χ1) is 11.7. The number of hydrogen-bond donors (Lipinski definition) is 1. The quantitative estimate of drug-likeness (QED) is 0.914. The van der Waals surface area contributed by atoms with E-state index in [-0.39, 0.29) is 12.0 Å². The predicted octanol–water partition coefficient (Wildman–Crippen LogP) is 3.53. The van der Waals surface area contributed by atoms with Gasteiger partial charge >= 0.3 is 5.97 Å². The van der Waals surface area contributed by atoms with Gasteiger partial charge in [-0.2, -0.15) is 0 Å². The molecule has 0 bridgehead atoms. The van der Waals surface area contributed by atoms with Crippen molar-refractivity contribution in [2.75, 3.05) is 13.1 Å². The Hall–Kier alpha value is -2.20. The molecule has 1 aliphatic rings. The van der Waals surface area contributed by atoms with Crippen LogP contribution in [-0.2, 0) is 11.2 Å². The number of nitrogens with zero attached hydrogens (tertiary/aromatic N) is 2. The Kier molecular flexibility index (Phi) is 5.26. The van der Waals surface area contributed by atoms with Gasteiger partial charge in [-0.15, -0.1) is 0 Å². The Bertz CT molecular complexity index is 670. The smallest absolute Gasteiger partial charge is 0.307 e. The summed E-state index contributed by atoms with van der Waals surface area (Å²) in [6.45, 7) is 3.62. The average molecular weight is 324 g/mol. The van der Waals surface area contributed by atoms with E-state index in [1.807, 2.05) is 18.2 Å². The van der Waals surface area contributed by atoms with Crippen LogP contribution in [-0.4, -0.2) is 34.0 Å². The molecule has 4 heteroatoms. The molecule has 2 aromatic rings. The van der Waals surface area contributed by atoms with Crippen LogP contribution in [0.3, 0.4) is 0 Å². The molecular weight excluding hydrogens is 300 g/mol. The molecule has 126 valence electrons. The third-order valence-electron chi connectivity index (χ3n) is 4.84. The molecule has 1 N–H and O–H groups in total. The van der Waals surface area contributed by atoms with Crippen molar-refractivity contribution in [2.45, 2.75) is 32.2 Å². The van der Waals surface area contributed by atoms with Gasteiger partial charge in [-0.05, 0) is 49.1 Å². The average Bonchev–Trinajstić information content (AvgIpc) is 2.64. The summed E-state index contributed by atoms with van der Waals surface area (Å²) in [5.74, 6) is -0.985. The minimum atomic E-state index is -0.694. The number of piperidine rings is 1. The summed E-state index contributed by atoms with van der Waals surface area (Å²) in [5.41, 5.74) is 3.46. The van der Waals surface area contributed by atoms with Crippen LogP contribution >= 0.6 is 0 Å². The van der Waals surface area contributed by atoms with E-state index in [1.165, 1.54) is 11.1 Å². The highest BCUT2D eigenvalue weighted by atomic mass is 16.4. The van der Waals surface area contributed by atoms with Crippen molar-refractivity contribution < 1.29 is 9.90 Å². The van der Waals surface area contributed by atoms with Gasteiger partial charge in [-0.3, -0.25) is 14.7 Å². The molecule has 1 saturated heterocycles. The standard InChI is InChI=1S/C20H24N2O2/c1-2-15-8-10-16(11-9-15)19(18-7-3-4-12-21-18)22-13-5-6-17(14-22)20(23)24/h3-4,7-12,17,19H,2,5-6,13-14H2,1H3,(H,23,24). The van der Waals surface area contributed by atoms with Crippen molar-refractivity contribution in [2.24, 2.45) is 5.92 Å². The molecule has 0 amide bonds. The maximum absolute atomic E-state index is 11.4. The number of aryl methyl sites for hydroxylation is 1. The zero-order valence-corrected chi connectivity index (χ0v) is 14.1. The Morgan fingerprint density at radius 1 is 1.29 bits per heavy atom. The van der Waals surface area contributed by atoms with Crippen molar-refractivity contribution in [3.05, 3.63) is 65.5 Å². The van der Waals surface area contributed by atoms with Crippen molar-refractivity contribution in [3.63, 3.8) is 0 Å². The molecule has 0 spiro atoms. The molecule has 1 fully saturated rings. The Morgan fingerprint density at radius 3 is 2.71 bits per heavy atom. The van der Waals surface area contributed by atoms with E-state index in [0.29, 0.717) is 6.54 Å². The van der Waals surface area contributed by atoms with Gasteiger partial charge in [0.1, 0.15) is 0 Å². The number of carboxylic acid groups (broad SMARTS) is 1. The first-order valence-electron chi connectivity index (χ1n) is 8.65. The van der Waals surface area contributed by atoms with E-state index in [1.54, 1.807) is 6.20 Å². The summed E-state index contributed by atoms with van der Waals surface area (Å²) in [5, 5.41) is 9.40. The van der Waals surface area contributed by atoms with Crippen molar-refractivity contribution >= 4 is 5.97 Å². The maximum Gasteiger partial charge on any atom is 0.307 e. The summed E-state index contributed by atoms with van der Waals surface area (Å²) >= 11 is 0. The first-order valence-corrected chi connectivity index (χ1v) is 8.65. The second-order valence-corrected chi connectivity index (χ2v) is 6.42. The van der Waals surface area contributed by atoms with E-state index >= 15 is 0 Å². The molecule has 1 aromatic heterocycles. The van der Waals surface area contributed by atoms with Crippen molar-refractivity contribution in [1.29, 1.82) is 0 Å². The molecule has 2 atom stereocenters. The molecule has 1 aliphatic heterocycles. The van der Waals surface area contributed by atoms with E-state index in [4.69, 9.17) is 0 Å². The monoisotopic (exact) mass is 324 g/mol. The van der Waals surface area contributed by atoms with Crippen LogP contribution in [0, 0.1) is 5.92 Å². The number of likely N-dealkylation sites (tertiary alicyclic amines) is 1. The number of hydrogen-bond acceptors (Lipinski definition) is 3. The van der Waals surface area contributed by atoms with Gasteiger partial charge in [0.2, 0.25) is 0 Å². The SMILES string of the molecule is CCc1ccc(C(c2ccccn2)N2CCCC(C(=O)O)C2)cc1. The lowest BCUT2D eigenvalue weighted by atomic mass is 9.93. The number of benzene rings is 1. The molecule has 0 radical (unpaired) electrons. The van der Waals surface area contributed by atoms with Gasteiger partial charge in [-0.1, -0.05) is 37.3 Å². The second-order valence-electron chi connectivity index (χ2n) is 6.42. The van der Waals surface area contributed by atoms with Crippen LogP contribution < -0.4 is 0 Å². The lowest BCUT2D eigenvalue weighted by Crippen LogP contribution is -2.41. The van der Waals surface area contributed by atoms with Gasteiger partial charge in [0.25, 0.3) is 0 Å². The van der Waals surface area contributed by atoms with Crippen LogP contribution in [0.5, 0.6) is 0 Å². The van der Waals surface area contributed by atoms with Crippen LogP contribution in [0.2, 0.25) is 0 Å². The minimum absolute atomic E-state index is 0.0132. The molecule has 4 nitrogen and oxygen atoms in total. The van der Waals surface area contributed by atoms with Gasteiger partial charge < -0.3 is 5.11 Å². The summed E-state index contributed by atoms with van der Waals surface area (Å²) in [6.07, 6.45) is 4.49. The molecule has 3 rings (SSSR count). The highest BCUT2D eigenvalue weighted by Crippen LogP contribution is 2.31. The lowest BCUT2D eigenvalue weighted by Gasteiger charge is -2.37. The van der Waals surface area contributed by atoms with E-state index in [9.17, 15) is 9.90 Å². The zero-order valence-electron chi connectivity index (χ0n) is 14.1. The van der Waals surface area contributed by atoms with Crippen LogP contribution in [0.4, 0.5) is 0 Å². The molecule has 2 heterocycles. The summed E-state index contributed by atoms with van der Waals surface area (Å²) in [7, 11) is 0. The molecular formula is C20H24N2O2. The topological polar surface area (TPSA) is 53.4 Å². The molecule has 2 unspecified atom stereocenters. The number of carboxylic acids is 1. The van der Waals surface area contributed by atoms with Gasteiger partial charge in [0.15, 0.2) is 0 Å². The fraction of sp³-hybridized carbons (Fsp3) is 0.400. The number of aromatic nitrogens is 1. The zero-order chi connectivity index (χ0) is 16.9. The summed E-state index contributed by atoms with van der Waals surface area (Å²) in [6, 6.07) is 14.6. The molecule has 1 aromatic carbocycles. The normalized spacial score (nSPS) is 19.8. The predicted molar refractivity (Wildman–Crippen MR) is 93.8 cm³/mol. The summed E-state index contributed by atoms with van der Waals surface area (Å²) in [4.78, 5) is 18.3. The van der Waals surface area contributed by atoms with E-state index in [0.717, 1.165) is 31.5 Å². The maximum atomic E-state index is 11.4. The molecule has 0 aliphatic carbocycles. The third kappa shape index (κ3) is 3.65. The molecule has 24 heavy (non-hydrogen) atoms. The van der Waals surface area contributed by atoms with Gasteiger partial charge in [-0.25, -0.2) is 0 Å². The lowest BCUT2D eigenvalue weighted by molar-refractivity contribution is -0.143. The second kappa shape index (κ2) is 7.58. The fourth-order valence-corrected chi connectivity index (χ4v) is 3.48. The van der Waals surface area contributed by atoms with Crippen LogP contribution in [0.1, 0.15) is 42.6 Å². The van der Waals surface area contributed by atoms with Gasteiger partial charge in [0.05, 0.1) is 17.7 Å².